The van der Waals surface area contributed by atoms with Crippen molar-refractivity contribution >= 4 is 23.3 Å². The summed E-state index contributed by atoms with van der Waals surface area (Å²) in [6.45, 7) is 1.70. The molecular weight excluding hydrogens is 324 g/mol. The van der Waals surface area contributed by atoms with Crippen molar-refractivity contribution in [3.63, 3.8) is 0 Å². The molecule has 1 N–H and O–H groups in total. The molecule has 0 unspecified atom stereocenters. The van der Waals surface area contributed by atoms with Crippen molar-refractivity contribution in [2.45, 2.75) is 12.5 Å². The van der Waals surface area contributed by atoms with E-state index >= 15 is 0 Å². The average molecular weight is 343 g/mol. The number of amides is 1. The van der Waals surface area contributed by atoms with Crippen molar-refractivity contribution in [2.24, 2.45) is 0 Å². The maximum Gasteiger partial charge on any atom is 0.254 e. The number of likely N-dealkylation sites (N-methyl/N-ethyl adjacent to an activating group) is 1. The minimum Gasteiger partial charge on any atom is -0.337 e. The van der Waals surface area contributed by atoms with Gasteiger partial charge in [-0.2, -0.15) is 0 Å². The van der Waals surface area contributed by atoms with Gasteiger partial charge in [0.1, 0.15) is 0 Å². The van der Waals surface area contributed by atoms with Gasteiger partial charge in [0.15, 0.2) is 5.78 Å². The van der Waals surface area contributed by atoms with Gasteiger partial charge in [-0.3, -0.25) is 9.59 Å². The number of carbonyl (C=O) groups is 2. The highest BCUT2D eigenvalue weighted by Crippen LogP contribution is 2.19. The van der Waals surface area contributed by atoms with E-state index < -0.39 is 0 Å². The summed E-state index contributed by atoms with van der Waals surface area (Å²) in [7, 11) is 1.80. The van der Waals surface area contributed by atoms with E-state index in [4.69, 9.17) is 11.6 Å². The molecule has 0 spiro atoms. The second-order valence-electron chi connectivity index (χ2n) is 5.94. The molecule has 24 heavy (non-hydrogen) atoms. The van der Waals surface area contributed by atoms with E-state index in [1.54, 1.807) is 60.5 Å². The number of hydrogen-bond acceptors (Lipinski definition) is 3. The Morgan fingerprint density at radius 3 is 2.38 bits per heavy atom. The molecule has 1 saturated heterocycles. The molecule has 1 aliphatic heterocycles. The Morgan fingerprint density at radius 1 is 1.08 bits per heavy atom. The van der Waals surface area contributed by atoms with Crippen LogP contribution in [0.4, 0.5) is 0 Å². The van der Waals surface area contributed by atoms with Crippen LogP contribution < -0.4 is 5.32 Å². The summed E-state index contributed by atoms with van der Waals surface area (Å²) < 4.78 is 0. The van der Waals surface area contributed by atoms with Crippen molar-refractivity contribution in [1.82, 2.24) is 10.2 Å². The molecule has 1 amide bonds. The molecule has 3 rings (SSSR count). The Labute approximate surface area is 146 Å². The molecule has 0 radical (unpaired) electrons. The fourth-order valence-electron chi connectivity index (χ4n) is 2.95. The fourth-order valence-corrected chi connectivity index (χ4v) is 3.08. The summed E-state index contributed by atoms with van der Waals surface area (Å²) in [5.74, 6) is -0.296. The number of rotatable bonds is 4. The van der Waals surface area contributed by atoms with Crippen LogP contribution in [0, 0.1) is 0 Å². The third-order valence-corrected chi connectivity index (χ3v) is 4.66. The zero-order chi connectivity index (χ0) is 17.1. The minimum atomic E-state index is -0.173. The van der Waals surface area contributed by atoms with Crippen molar-refractivity contribution in [3.8, 4) is 0 Å². The molecule has 124 valence electrons. The van der Waals surface area contributed by atoms with E-state index in [0.29, 0.717) is 21.7 Å². The van der Waals surface area contributed by atoms with Crippen molar-refractivity contribution in [1.29, 1.82) is 0 Å². The van der Waals surface area contributed by atoms with E-state index in [-0.39, 0.29) is 17.7 Å². The van der Waals surface area contributed by atoms with Gasteiger partial charge in [0.25, 0.3) is 5.91 Å². The van der Waals surface area contributed by atoms with Crippen LogP contribution in [-0.2, 0) is 0 Å². The highest BCUT2D eigenvalue weighted by atomic mass is 35.5. The Hall–Kier alpha value is -2.17. The second kappa shape index (κ2) is 7.16. The second-order valence-corrected chi connectivity index (χ2v) is 6.38. The lowest BCUT2D eigenvalue weighted by Crippen LogP contribution is -2.39. The van der Waals surface area contributed by atoms with E-state index in [1.807, 2.05) is 0 Å². The van der Waals surface area contributed by atoms with Crippen LogP contribution in [0.1, 0.15) is 32.7 Å². The summed E-state index contributed by atoms with van der Waals surface area (Å²) in [4.78, 5) is 27.4. The topological polar surface area (TPSA) is 49.4 Å². The van der Waals surface area contributed by atoms with E-state index in [2.05, 4.69) is 5.32 Å². The first-order valence-corrected chi connectivity index (χ1v) is 8.33. The molecule has 4 nitrogen and oxygen atoms in total. The van der Waals surface area contributed by atoms with Crippen molar-refractivity contribution in [3.05, 3.63) is 70.2 Å². The third kappa shape index (κ3) is 3.35. The molecule has 0 bridgehead atoms. The van der Waals surface area contributed by atoms with Crippen molar-refractivity contribution in [2.75, 3.05) is 20.1 Å². The zero-order valence-electron chi connectivity index (χ0n) is 13.5. The summed E-state index contributed by atoms with van der Waals surface area (Å²) in [5, 5.41) is 3.83. The van der Waals surface area contributed by atoms with E-state index in [1.165, 1.54) is 0 Å². The first-order chi connectivity index (χ1) is 11.6. The fraction of sp³-hybridized carbons (Fsp3) is 0.263. The lowest BCUT2D eigenvalue weighted by molar-refractivity contribution is 0.0739. The highest BCUT2D eigenvalue weighted by Gasteiger charge is 2.26. The quantitative estimate of drug-likeness (QED) is 0.869. The first kappa shape index (κ1) is 16.7. The first-order valence-electron chi connectivity index (χ1n) is 7.95. The summed E-state index contributed by atoms with van der Waals surface area (Å²) in [5.41, 5.74) is 1.37. The van der Waals surface area contributed by atoms with Gasteiger partial charge >= 0.3 is 0 Å². The third-order valence-electron chi connectivity index (χ3n) is 4.41. The number of halogens is 1. The van der Waals surface area contributed by atoms with Crippen LogP contribution in [0.25, 0.3) is 0 Å². The molecule has 0 saturated carbocycles. The average Bonchev–Trinajstić information content (AvgIpc) is 3.15. The van der Waals surface area contributed by atoms with Gasteiger partial charge in [-0.25, -0.2) is 0 Å². The van der Waals surface area contributed by atoms with Crippen LogP contribution in [0.2, 0.25) is 5.02 Å². The number of ketones is 1. The molecule has 0 aromatic heterocycles. The van der Waals surface area contributed by atoms with Gasteiger partial charge < -0.3 is 10.2 Å². The lowest BCUT2D eigenvalue weighted by atomic mass is 9.97. The number of nitrogens with one attached hydrogen (secondary N) is 1. The molecular formula is C19H19ClN2O2. The number of nitrogens with zero attached hydrogens (tertiary/aromatic N) is 1. The van der Waals surface area contributed by atoms with Crippen LogP contribution in [0.3, 0.4) is 0 Å². The van der Waals surface area contributed by atoms with Gasteiger partial charge in [-0.15, -0.1) is 0 Å². The molecule has 1 heterocycles. The molecule has 1 fully saturated rings. The predicted octanol–water partition coefficient (Wildman–Crippen LogP) is 3.00. The van der Waals surface area contributed by atoms with Crippen LogP contribution in [-0.4, -0.2) is 42.8 Å². The maximum absolute atomic E-state index is 12.9. The minimum absolute atomic E-state index is 0.124. The number of benzene rings is 2. The monoisotopic (exact) mass is 342 g/mol. The molecule has 0 aliphatic carbocycles. The SMILES string of the molecule is CN(C(=O)c1ccccc1C(=O)c1ccc(Cl)cc1)[C@@H]1CCNC1. The molecule has 2 aromatic rings. The standard InChI is InChI=1S/C19H19ClN2O2/c1-22(15-10-11-21-12-15)19(24)17-5-3-2-4-16(17)18(23)13-6-8-14(20)9-7-13/h2-9,15,21H,10-12H2,1H3/t15-/m1/s1. The Kier molecular flexibility index (Phi) is 4.97. The zero-order valence-corrected chi connectivity index (χ0v) is 14.2. The highest BCUT2D eigenvalue weighted by molar-refractivity contribution is 6.30. The van der Waals surface area contributed by atoms with Gasteiger partial charge in [0, 0.05) is 35.8 Å². The van der Waals surface area contributed by atoms with E-state index in [9.17, 15) is 9.59 Å². The summed E-state index contributed by atoms with van der Waals surface area (Å²) in [6.07, 6.45) is 0.926. The van der Waals surface area contributed by atoms with Crippen LogP contribution >= 0.6 is 11.6 Å². The Balaban J connectivity index is 1.91. The van der Waals surface area contributed by atoms with Crippen LogP contribution in [0.5, 0.6) is 0 Å². The van der Waals surface area contributed by atoms with Crippen molar-refractivity contribution < 1.29 is 9.59 Å². The van der Waals surface area contributed by atoms with Gasteiger partial charge in [0.2, 0.25) is 0 Å². The predicted molar refractivity (Wildman–Crippen MR) is 94.7 cm³/mol. The van der Waals surface area contributed by atoms with Gasteiger partial charge in [0.05, 0.1) is 5.56 Å². The smallest absolute Gasteiger partial charge is 0.254 e. The molecule has 1 atom stereocenters. The number of hydrogen-bond donors (Lipinski definition) is 1. The summed E-state index contributed by atoms with van der Waals surface area (Å²) in [6, 6.07) is 13.8. The lowest BCUT2D eigenvalue weighted by Gasteiger charge is -2.24. The molecule has 2 aromatic carbocycles. The van der Waals surface area contributed by atoms with Gasteiger partial charge in [-0.05, 0) is 43.3 Å². The summed E-state index contributed by atoms with van der Waals surface area (Å²) >= 11 is 5.88. The van der Waals surface area contributed by atoms with E-state index in [0.717, 1.165) is 19.5 Å². The van der Waals surface area contributed by atoms with Gasteiger partial charge in [-0.1, -0.05) is 29.8 Å². The maximum atomic E-state index is 12.9. The normalized spacial score (nSPS) is 16.8. The largest absolute Gasteiger partial charge is 0.337 e. The number of carbonyl (C=O) groups excluding carboxylic acids is 2. The van der Waals surface area contributed by atoms with Crippen LogP contribution in [0.15, 0.2) is 48.5 Å². The molecule has 1 aliphatic rings. The Bertz CT molecular complexity index is 752. The molecule has 5 heteroatoms. The Morgan fingerprint density at radius 2 is 1.75 bits per heavy atom.